The number of unbranched alkanes of at least 4 members (excludes halogenated alkanes) is 40. The molecule has 0 N–H and O–H groups in total. The Morgan fingerprint density at radius 2 is 0.516 bits per heavy atom. The van der Waals surface area contributed by atoms with Crippen LogP contribution >= 0.6 is 0 Å². The number of carbonyl (C=O) groups excluding carboxylic acids is 3. The number of rotatable bonds is 53. The molecule has 380 valence electrons. The zero-order chi connectivity index (χ0) is 46.7. The Hall–Kier alpha value is -1.59. The maximum absolute atomic E-state index is 12.8. The lowest BCUT2D eigenvalue weighted by molar-refractivity contribution is -0.167. The monoisotopic (exact) mass is 905 g/mol. The van der Waals surface area contributed by atoms with Gasteiger partial charge in [-0.3, -0.25) is 14.4 Å². The molecule has 0 saturated heterocycles. The molecule has 0 fully saturated rings. The molecule has 6 nitrogen and oxygen atoms in total. The Morgan fingerprint density at radius 3 is 0.766 bits per heavy atom. The van der Waals surface area contributed by atoms with Crippen molar-refractivity contribution in [1.29, 1.82) is 0 Å². The number of ether oxygens (including phenoxy) is 3. The molecule has 0 aliphatic carbocycles. The standard InChI is InChI=1S/C58H112O6/c1-5-7-9-11-13-15-17-19-21-23-25-27-29-31-33-37-41-45-49-56(59)62-52-55(53-63-57(60)50-46-42-39-35-36-40-44-48-54(3)4)64-58(61)51-47-43-38-34-32-30-28-26-24-22-20-18-16-14-12-10-8-6-2/h54-55H,5-53H2,1-4H3/t55-/m1/s1. The Morgan fingerprint density at radius 1 is 0.297 bits per heavy atom. The molecule has 0 spiro atoms. The van der Waals surface area contributed by atoms with Gasteiger partial charge in [0.05, 0.1) is 0 Å². The van der Waals surface area contributed by atoms with E-state index >= 15 is 0 Å². The van der Waals surface area contributed by atoms with Gasteiger partial charge in [-0.15, -0.1) is 0 Å². The molecule has 6 heteroatoms. The molecule has 0 radical (unpaired) electrons. The van der Waals surface area contributed by atoms with E-state index in [0.29, 0.717) is 19.3 Å². The van der Waals surface area contributed by atoms with Gasteiger partial charge in [0, 0.05) is 19.3 Å². The van der Waals surface area contributed by atoms with E-state index in [1.807, 2.05) is 0 Å². The van der Waals surface area contributed by atoms with E-state index in [1.54, 1.807) is 0 Å². The van der Waals surface area contributed by atoms with Gasteiger partial charge in [-0.05, 0) is 25.2 Å². The van der Waals surface area contributed by atoms with Crippen molar-refractivity contribution < 1.29 is 28.6 Å². The Kier molecular flexibility index (Phi) is 51.1. The van der Waals surface area contributed by atoms with Crippen molar-refractivity contribution in [3.8, 4) is 0 Å². The summed E-state index contributed by atoms with van der Waals surface area (Å²) in [5.41, 5.74) is 0. The van der Waals surface area contributed by atoms with E-state index < -0.39 is 6.10 Å². The van der Waals surface area contributed by atoms with Crippen LogP contribution in [0.25, 0.3) is 0 Å². The van der Waals surface area contributed by atoms with Gasteiger partial charge in [-0.2, -0.15) is 0 Å². The fourth-order valence-electron chi connectivity index (χ4n) is 8.92. The highest BCUT2D eigenvalue weighted by molar-refractivity contribution is 5.71. The molecule has 0 heterocycles. The van der Waals surface area contributed by atoms with Crippen molar-refractivity contribution in [2.45, 2.75) is 336 Å². The van der Waals surface area contributed by atoms with Gasteiger partial charge in [0.2, 0.25) is 0 Å². The normalized spacial score (nSPS) is 12.0. The molecule has 1 atom stereocenters. The zero-order valence-electron chi connectivity index (χ0n) is 43.8. The number of hydrogen-bond donors (Lipinski definition) is 0. The maximum atomic E-state index is 12.8. The molecule has 64 heavy (non-hydrogen) atoms. The van der Waals surface area contributed by atoms with Crippen LogP contribution in [0.5, 0.6) is 0 Å². The second kappa shape index (κ2) is 52.4. The van der Waals surface area contributed by atoms with Crippen LogP contribution in [0.15, 0.2) is 0 Å². The number of hydrogen-bond acceptors (Lipinski definition) is 6. The van der Waals surface area contributed by atoms with Crippen LogP contribution in [-0.4, -0.2) is 37.2 Å². The minimum Gasteiger partial charge on any atom is -0.462 e. The molecule has 0 aromatic rings. The molecular formula is C58H112O6. The van der Waals surface area contributed by atoms with Crippen molar-refractivity contribution in [3.05, 3.63) is 0 Å². The van der Waals surface area contributed by atoms with Crippen molar-refractivity contribution in [2.75, 3.05) is 13.2 Å². The van der Waals surface area contributed by atoms with Gasteiger partial charge in [-0.25, -0.2) is 0 Å². The van der Waals surface area contributed by atoms with Gasteiger partial charge >= 0.3 is 17.9 Å². The molecule has 0 aliphatic heterocycles. The minimum atomic E-state index is -0.762. The lowest BCUT2D eigenvalue weighted by atomic mass is 10.0. The molecule has 0 rings (SSSR count). The van der Waals surface area contributed by atoms with Crippen molar-refractivity contribution >= 4 is 17.9 Å². The number of carbonyl (C=O) groups is 3. The first-order valence-electron chi connectivity index (χ1n) is 28.9. The predicted octanol–water partition coefficient (Wildman–Crippen LogP) is 19.0. The fourth-order valence-corrected chi connectivity index (χ4v) is 8.92. The van der Waals surface area contributed by atoms with Crippen molar-refractivity contribution in [2.24, 2.45) is 5.92 Å². The van der Waals surface area contributed by atoms with E-state index in [2.05, 4.69) is 27.7 Å². The third-order valence-corrected chi connectivity index (χ3v) is 13.3. The third kappa shape index (κ3) is 51.4. The summed E-state index contributed by atoms with van der Waals surface area (Å²) >= 11 is 0. The molecule has 0 aliphatic rings. The van der Waals surface area contributed by atoms with E-state index in [1.165, 1.54) is 225 Å². The first-order valence-corrected chi connectivity index (χ1v) is 28.9. The van der Waals surface area contributed by atoms with Crippen LogP contribution in [0.2, 0.25) is 0 Å². The van der Waals surface area contributed by atoms with Crippen LogP contribution in [0.3, 0.4) is 0 Å². The summed E-state index contributed by atoms with van der Waals surface area (Å²) in [6.07, 6.45) is 56.8. The van der Waals surface area contributed by atoms with E-state index in [-0.39, 0.29) is 31.1 Å². The highest BCUT2D eigenvalue weighted by Crippen LogP contribution is 2.18. The summed E-state index contributed by atoms with van der Waals surface area (Å²) in [4.78, 5) is 38.1. The lowest BCUT2D eigenvalue weighted by Crippen LogP contribution is -2.30. The third-order valence-electron chi connectivity index (χ3n) is 13.3. The highest BCUT2D eigenvalue weighted by Gasteiger charge is 2.19. The average molecular weight is 906 g/mol. The first kappa shape index (κ1) is 62.4. The minimum absolute atomic E-state index is 0.0627. The van der Waals surface area contributed by atoms with E-state index in [4.69, 9.17) is 14.2 Å². The van der Waals surface area contributed by atoms with Gasteiger partial charge in [0.15, 0.2) is 6.10 Å². The molecule has 0 aromatic carbocycles. The quantitative estimate of drug-likeness (QED) is 0.0344. The van der Waals surface area contributed by atoms with Gasteiger partial charge in [-0.1, -0.05) is 291 Å². The van der Waals surface area contributed by atoms with Gasteiger partial charge in [0.25, 0.3) is 0 Å². The highest BCUT2D eigenvalue weighted by atomic mass is 16.6. The summed E-state index contributed by atoms with van der Waals surface area (Å²) in [6.45, 7) is 9.01. The molecule has 0 bridgehead atoms. The van der Waals surface area contributed by atoms with Crippen LogP contribution < -0.4 is 0 Å². The average Bonchev–Trinajstić information content (AvgIpc) is 3.28. The molecular weight excluding hydrogens is 793 g/mol. The van der Waals surface area contributed by atoms with E-state index in [0.717, 1.165) is 63.7 Å². The second-order valence-electron chi connectivity index (χ2n) is 20.4. The molecule has 0 unspecified atom stereocenters. The lowest BCUT2D eigenvalue weighted by Gasteiger charge is -2.18. The fraction of sp³-hybridized carbons (Fsp3) is 0.948. The summed E-state index contributed by atoms with van der Waals surface area (Å²) in [7, 11) is 0. The largest absolute Gasteiger partial charge is 0.462 e. The van der Waals surface area contributed by atoms with Crippen LogP contribution in [0, 0.1) is 5.92 Å². The van der Waals surface area contributed by atoms with Crippen LogP contribution in [0.1, 0.15) is 329 Å². The van der Waals surface area contributed by atoms with Crippen LogP contribution in [-0.2, 0) is 28.6 Å². The summed E-state index contributed by atoms with van der Waals surface area (Å²) in [5, 5.41) is 0. The SMILES string of the molecule is CCCCCCCCCCCCCCCCCCCCC(=O)OC[C@H](COC(=O)CCCCCCCCCC(C)C)OC(=O)CCCCCCCCCCCCCCCCCCCC. The summed E-state index contributed by atoms with van der Waals surface area (Å²) < 4.78 is 16.9. The molecule has 0 saturated carbocycles. The number of esters is 3. The Bertz CT molecular complexity index is 964. The van der Waals surface area contributed by atoms with Crippen molar-refractivity contribution in [1.82, 2.24) is 0 Å². The second-order valence-corrected chi connectivity index (χ2v) is 20.4. The van der Waals surface area contributed by atoms with Crippen molar-refractivity contribution in [3.63, 3.8) is 0 Å². The molecule has 0 amide bonds. The predicted molar refractivity (Wildman–Crippen MR) is 275 cm³/mol. The van der Waals surface area contributed by atoms with Gasteiger partial charge < -0.3 is 14.2 Å². The topological polar surface area (TPSA) is 78.9 Å². The summed E-state index contributed by atoms with van der Waals surface area (Å²) in [6, 6.07) is 0. The zero-order valence-corrected chi connectivity index (χ0v) is 43.8. The Balaban J connectivity index is 4.23. The van der Waals surface area contributed by atoms with Gasteiger partial charge in [0.1, 0.15) is 13.2 Å². The first-order chi connectivity index (χ1) is 31.4. The molecule has 0 aromatic heterocycles. The van der Waals surface area contributed by atoms with E-state index in [9.17, 15) is 14.4 Å². The maximum Gasteiger partial charge on any atom is 0.306 e. The Labute approximate surface area is 399 Å². The summed E-state index contributed by atoms with van der Waals surface area (Å²) in [5.74, 6) is -0.0587. The van der Waals surface area contributed by atoms with Crippen LogP contribution in [0.4, 0.5) is 0 Å². The smallest absolute Gasteiger partial charge is 0.306 e.